The highest BCUT2D eigenvalue weighted by Gasteiger charge is 2.13. The first-order valence-electron chi connectivity index (χ1n) is 6.11. The van der Waals surface area contributed by atoms with E-state index in [0.29, 0.717) is 11.1 Å². The van der Waals surface area contributed by atoms with Gasteiger partial charge in [0.05, 0.1) is 5.56 Å². The molecule has 21 heavy (non-hydrogen) atoms. The van der Waals surface area contributed by atoms with Crippen molar-refractivity contribution in [1.29, 1.82) is 0 Å². The van der Waals surface area contributed by atoms with Gasteiger partial charge in [0.1, 0.15) is 5.52 Å². The van der Waals surface area contributed by atoms with Gasteiger partial charge in [0.2, 0.25) is 0 Å². The molecule has 6 heteroatoms. The molecule has 1 heterocycles. The third-order valence-corrected chi connectivity index (χ3v) is 2.97. The van der Waals surface area contributed by atoms with E-state index in [-0.39, 0.29) is 23.0 Å². The highest BCUT2D eigenvalue weighted by atomic mass is 19.1. The zero-order chi connectivity index (χ0) is 15.0. The summed E-state index contributed by atoms with van der Waals surface area (Å²) in [5.41, 5.74) is 1.21. The molecule has 0 amide bonds. The summed E-state index contributed by atoms with van der Waals surface area (Å²) in [5.74, 6) is -1.56. The van der Waals surface area contributed by atoms with E-state index in [1.807, 2.05) is 0 Å². The van der Waals surface area contributed by atoms with Gasteiger partial charge in [-0.05, 0) is 36.8 Å². The number of hydrogen-bond donors (Lipinski definition) is 1. The van der Waals surface area contributed by atoms with Crippen molar-refractivity contribution in [3.63, 3.8) is 0 Å². The molecule has 0 aliphatic carbocycles. The molecule has 0 atom stereocenters. The predicted molar refractivity (Wildman–Crippen MR) is 72.2 cm³/mol. The summed E-state index contributed by atoms with van der Waals surface area (Å²) >= 11 is 0. The van der Waals surface area contributed by atoms with Crippen LogP contribution in [0.15, 0.2) is 40.8 Å². The van der Waals surface area contributed by atoms with Crippen LogP contribution >= 0.6 is 0 Å². The minimum atomic E-state index is -1.07. The Kier molecular flexibility index (Phi) is 3.06. The summed E-state index contributed by atoms with van der Waals surface area (Å²) in [6, 6.07) is 8.97. The molecule has 1 aromatic heterocycles. The van der Waals surface area contributed by atoms with Crippen LogP contribution in [-0.4, -0.2) is 16.1 Å². The van der Waals surface area contributed by atoms with Crippen LogP contribution in [0.5, 0.6) is 11.8 Å². The Morgan fingerprint density at radius 3 is 2.90 bits per heavy atom. The highest BCUT2D eigenvalue weighted by molar-refractivity contribution is 5.91. The summed E-state index contributed by atoms with van der Waals surface area (Å²) in [4.78, 5) is 14.9. The summed E-state index contributed by atoms with van der Waals surface area (Å²) in [7, 11) is 0. The van der Waals surface area contributed by atoms with Crippen LogP contribution in [0.4, 0.5) is 4.39 Å². The summed E-state index contributed by atoms with van der Waals surface area (Å²) in [6.45, 7) is 1.62. The van der Waals surface area contributed by atoms with Crippen LogP contribution in [0.25, 0.3) is 11.1 Å². The average Bonchev–Trinajstić information content (AvgIpc) is 2.85. The van der Waals surface area contributed by atoms with Gasteiger partial charge >= 0.3 is 12.0 Å². The van der Waals surface area contributed by atoms with Crippen LogP contribution < -0.4 is 4.74 Å². The number of benzene rings is 2. The largest absolute Gasteiger partial charge is 0.478 e. The quantitative estimate of drug-likeness (QED) is 0.793. The average molecular weight is 287 g/mol. The topological polar surface area (TPSA) is 72.6 Å². The minimum absolute atomic E-state index is 0.0000131. The number of fused-ring (bicyclic) bond motifs is 1. The molecule has 5 nitrogen and oxygen atoms in total. The normalized spacial score (nSPS) is 10.8. The molecule has 0 bridgehead atoms. The fourth-order valence-corrected chi connectivity index (χ4v) is 1.87. The minimum Gasteiger partial charge on any atom is -0.478 e. The molecule has 0 aliphatic rings. The molecule has 0 saturated carbocycles. The number of aryl methyl sites for hydroxylation is 1. The molecule has 3 aromatic rings. The molecule has 0 radical (unpaired) electrons. The fraction of sp³-hybridized carbons (Fsp3) is 0.0667. The summed E-state index contributed by atoms with van der Waals surface area (Å²) < 4.78 is 24.4. The Balaban J connectivity index is 1.98. The number of hydrogen-bond acceptors (Lipinski definition) is 4. The number of carboxylic acids is 1. The molecular weight excluding hydrogens is 277 g/mol. The Morgan fingerprint density at radius 2 is 2.14 bits per heavy atom. The number of nitrogens with zero attached hydrogens (tertiary/aromatic N) is 1. The van der Waals surface area contributed by atoms with Gasteiger partial charge in [0.15, 0.2) is 17.1 Å². The predicted octanol–water partition coefficient (Wildman–Crippen LogP) is 3.77. The number of ether oxygens (including phenoxy) is 1. The van der Waals surface area contributed by atoms with Crippen LogP contribution in [-0.2, 0) is 0 Å². The van der Waals surface area contributed by atoms with Crippen molar-refractivity contribution in [3.05, 3.63) is 53.3 Å². The number of carbonyl (C=O) groups is 1. The summed E-state index contributed by atoms with van der Waals surface area (Å²) in [6.07, 6.45) is -0.142. The van der Waals surface area contributed by atoms with Crippen molar-refractivity contribution < 1.29 is 23.4 Å². The lowest BCUT2D eigenvalue weighted by molar-refractivity contribution is 0.0697. The molecule has 0 spiro atoms. The van der Waals surface area contributed by atoms with E-state index in [0.717, 1.165) is 0 Å². The number of carboxylic acid groups (broad SMARTS) is 1. The molecule has 2 aromatic carbocycles. The molecule has 1 N–H and O–H groups in total. The Morgan fingerprint density at radius 1 is 1.33 bits per heavy atom. The Labute approximate surface area is 118 Å². The molecule has 3 rings (SSSR count). The van der Waals surface area contributed by atoms with Crippen molar-refractivity contribution in [3.8, 4) is 11.8 Å². The van der Waals surface area contributed by atoms with Gasteiger partial charge in [-0.3, -0.25) is 0 Å². The van der Waals surface area contributed by atoms with Gasteiger partial charge in [0.25, 0.3) is 0 Å². The third kappa shape index (κ3) is 2.43. The van der Waals surface area contributed by atoms with E-state index in [9.17, 15) is 9.18 Å². The Hall–Kier alpha value is -2.89. The van der Waals surface area contributed by atoms with Gasteiger partial charge in [-0.1, -0.05) is 12.1 Å². The van der Waals surface area contributed by atoms with Crippen LogP contribution in [0.2, 0.25) is 0 Å². The SMILES string of the molecule is Cc1cccc(Oc2nc3ccc(C(=O)O)cc3o2)c1F. The standard InChI is InChI=1S/C15H10FNO4/c1-8-3-2-4-11(13(8)16)20-15-17-10-6-5-9(14(18)19)7-12(10)21-15/h2-7H,1H3,(H,18,19). The highest BCUT2D eigenvalue weighted by Crippen LogP contribution is 2.28. The van der Waals surface area contributed by atoms with E-state index >= 15 is 0 Å². The van der Waals surface area contributed by atoms with Gasteiger partial charge in [-0.15, -0.1) is 0 Å². The van der Waals surface area contributed by atoms with Crippen molar-refractivity contribution in [2.24, 2.45) is 0 Å². The van der Waals surface area contributed by atoms with Gasteiger partial charge in [0, 0.05) is 0 Å². The maximum Gasteiger partial charge on any atom is 0.400 e. The monoisotopic (exact) mass is 287 g/mol. The van der Waals surface area contributed by atoms with E-state index in [2.05, 4.69) is 4.98 Å². The van der Waals surface area contributed by atoms with Crippen molar-refractivity contribution in [1.82, 2.24) is 4.98 Å². The smallest absolute Gasteiger partial charge is 0.400 e. The molecule has 0 saturated heterocycles. The van der Waals surface area contributed by atoms with Gasteiger partial charge < -0.3 is 14.3 Å². The first-order chi connectivity index (χ1) is 10.0. The zero-order valence-corrected chi connectivity index (χ0v) is 11.0. The van der Waals surface area contributed by atoms with Crippen LogP contribution in [0.3, 0.4) is 0 Å². The molecule has 106 valence electrons. The lowest BCUT2D eigenvalue weighted by Gasteiger charge is -2.03. The lowest BCUT2D eigenvalue weighted by Crippen LogP contribution is -1.94. The second-order valence-corrected chi connectivity index (χ2v) is 4.46. The molecular formula is C15H10FNO4. The molecule has 0 aliphatic heterocycles. The second kappa shape index (κ2) is 4.90. The molecule has 0 fully saturated rings. The first kappa shape index (κ1) is 13.1. The first-order valence-corrected chi connectivity index (χ1v) is 6.11. The maximum absolute atomic E-state index is 13.8. The van der Waals surface area contributed by atoms with Gasteiger partial charge in [-0.25, -0.2) is 9.18 Å². The summed E-state index contributed by atoms with van der Waals surface area (Å²) in [5, 5.41) is 8.91. The lowest BCUT2D eigenvalue weighted by atomic mass is 10.2. The number of halogens is 1. The van der Waals surface area contributed by atoms with Crippen LogP contribution in [0.1, 0.15) is 15.9 Å². The van der Waals surface area contributed by atoms with Crippen molar-refractivity contribution in [2.45, 2.75) is 6.92 Å². The van der Waals surface area contributed by atoms with E-state index < -0.39 is 11.8 Å². The van der Waals surface area contributed by atoms with E-state index in [1.165, 1.54) is 24.3 Å². The number of oxazole rings is 1. The van der Waals surface area contributed by atoms with Crippen LogP contribution in [0, 0.1) is 12.7 Å². The zero-order valence-electron chi connectivity index (χ0n) is 11.0. The maximum atomic E-state index is 13.8. The fourth-order valence-electron chi connectivity index (χ4n) is 1.87. The second-order valence-electron chi connectivity index (χ2n) is 4.46. The van der Waals surface area contributed by atoms with Gasteiger partial charge in [-0.2, -0.15) is 4.98 Å². The van der Waals surface area contributed by atoms with Crippen molar-refractivity contribution in [2.75, 3.05) is 0 Å². The third-order valence-electron chi connectivity index (χ3n) is 2.97. The number of rotatable bonds is 3. The van der Waals surface area contributed by atoms with E-state index in [4.69, 9.17) is 14.3 Å². The van der Waals surface area contributed by atoms with Crippen molar-refractivity contribution >= 4 is 17.1 Å². The number of aromatic nitrogens is 1. The molecule has 0 unspecified atom stereocenters. The Bertz CT molecular complexity index is 841. The number of aromatic carboxylic acids is 1. The van der Waals surface area contributed by atoms with E-state index in [1.54, 1.807) is 19.1 Å².